The molecule has 0 amide bonds. The number of rotatable bonds is 3. The number of aromatic hydroxyl groups is 1. The van der Waals surface area contributed by atoms with E-state index in [2.05, 4.69) is 0 Å². The third kappa shape index (κ3) is 1.87. The van der Waals surface area contributed by atoms with Crippen LogP contribution in [0.2, 0.25) is 0 Å². The second-order valence-corrected chi connectivity index (χ2v) is 3.12. The lowest BCUT2D eigenvalue weighted by molar-refractivity contribution is 0.0984. The van der Waals surface area contributed by atoms with Crippen LogP contribution in [0.1, 0.15) is 29.3 Å². The number of carbonyl (C=O) groups excluding carboxylic acids is 1. The average Bonchev–Trinajstić information content (AvgIpc) is 2.15. The molecule has 1 N–H and O–H groups in total. The summed E-state index contributed by atoms with van der Waals surface area (Å²) in [5.41, 5.74) is 1.31. The molecule has 76 valence electrons. The molecule has 0 unspecified atom stereocenters. The molecule has 0 aliphatic carbocycles. The summed E-state index contributed by atoms with van der Waals surface area (Å²) in [5, 5.41) is 9.31. The van der Waals surface area contributed by atoms with Gasteiger partial charge >= 0.3 is 0 Å². The summed E-state index contributed by atoms with van der Waals surface area (Å²) in [4.78, 5) is 11.6. The maximum absolute atomic E-state index is 11.6. The van der Waals surface area contributed by atoms with Gasteiger partial charge in [-0.25, -0.2) is 0 Å². The van der Waals surface area contributed by atoms with Crippen molar-refractivity contribution in [3.05, 3.63) is 23.3 Å². The van der Waals surface area contributed by atoms with Gasteiger partial charge in [-0.15, -0.1) is 0 Å². The van der Waals surface area contributed by atoms with Crippen molar-refractivity contribution in [2.75, 3.05) is 7.11 Å². The van der Waals surface area contributed by atoms with Gasteiger partial charge in [0.1, 0.15) is 11.5 Å². The molecular weight excluding hydrogens is 180 g/mol. The Labute approximate surface area is 83.3 Å². The minimum absolute atomic E-state index is 0.0272. The van der Waals surface area contributed by atoms with Gasteiger partial charge in [-0.05, 0) is 18.6 Å². The third-order valence-corrected chi connectivity index (χ3v) is 2.10. The molecule has 0 aliphatic heterocycles. The van der Waals surface area contributed by atoms with Crippen LogP contribution in [0.3, 0.4) is 0 Å². The minimum Gasteiger partial charge on any atom is -0.508 e. The standard InChI is InChI=1S/C11H14O3/c1-4-9(13)11-7(2)5-8(12)6-10(11)14-3/h5-6,12H,4H2,1-3H3. The van der Waals surface area contributed by atoms with Crippen molar-refractivity contribution in [2.45, 2.75) is 20.3 Å². The van der Waals surface area contributed by atoms with Crippen molar-refractivity contribution in [3.8, 4) is 11.5 Å². The first kappa shape index (κ1) is 10.6. The Morgan fingerprint density at radius 3 is 2.64 bits per heavy atom. The van der Waals surface area contributed by atoms with E-state index in [9.17, 15) is 9.90 Å². The van der Waals surface area contributed by atoms with E-state index in [0.717, 1.165) is 5.56 Å². The zero-order valence-corrected chi connectivity index (χ0v) is 8.63. The Morgan fingerprint density at radius 1 is 1.50 bits per heavy atom. The van der Waals surface area contributed by atoms with Gasteiger partial charge in [-0.1, -0.05) is 6.92 Å². The zero-order chi connectivity index (χ0) is 10.7. The molecule has 0 spiro atoms. The van der Waals surface area contributed by atoms with Crippen molar-refractivity contribution in [3.63, 3.8) is 0 Å². The van der Waals surface area contributed by atoms with Gasteiger partial charge in [-0.2, -0.15) is 0 Å². The number of hydrogen-bond acceptors (Lipinski definition) is 3. The van der Waals surface area contributed by atoms with Gasteiger partial charge in [0.25, 0.3) is 0 Å². The molecule has 1 aromatic carbocycles. The summed E-state index contributed by atoms with van der Waals surface area (Å²) in [6.45, 7) is 3.58. The van der Waals surface area contributed by atoms with E-state index < -0.39 is 0 Å². The lowest BCUT2D eigenvalue weighted by Gasteiger charge is -2.10. The number of benzene rings is 1. The molecule has 0 atom stereocenters. The molecule has 0 aliphatic rings. The molecule has 0 bridgehead atoms. The summed E-state index contributed by atoms with van der Waals surface area (Å²) >= 11 is 0. The second-order valence-electron chi connectivity index (χ2n) is 3.12. The molecule has 0 fully saturated rings. The molecular formula is C11H14O3. The normalized spacial score (nSPS) is 9.93. The van der Waals surface area contributed by atoms with Crippen LogP contribution >= 0.6 is 0 Å². The highest BCUT2D eigenvalue weighted by Gasteiger charge is 2.14. The first-order chi connectivity index (χ1) is 6.60. The fourth-order valence-corrected chi connectivity index (χ4v) is 1.43. The number of Topliss-reactive ketones (excluding diaryl/α,β-unsaturated/α-hetero) is 1. The molecule has 14 heavy (non-hydrogen) atoms. The highest BCUT2D eigenvalue weighted by Crippen LogP contribution is 2.28. The van der Waals surface area contributed by atoms with Crippen molar-refractivity contribution in [2.24, 2.45) is 0 Å². The predicted molar refractivity (Wildman–Crippen MR) is 54.0 cm³/mol. The van der Waals surface area contributed by atoms with Crippen LogP contribution in [-0.2, 0) is 0 Å². The number of carbonyl (C=O) groups is 1. The van der Waals surface area contributed by atoms with Crippen LogP contribution in [0.15, 0.2) is 12.1 Å². The second kappa shape index (κ2) is 4.13. The molecule has 0 saturated carbocycles. The molecule has 0 saturated heterocycles. The molecule has 1 rings (SSSR count). The first-order valence-electron chi connectivity index (χ1n) is 4.51. The lowest BCUT2D eigenvalue weighted by atomic mass is 10.0. The highest BCUT2D eigenvalue weighted by molar-refractivity contribution is 6.00. The molecule has 3 nitrogen and oxygen atoms in total. The van der Waals surface area contributed by atoms with Crippen LogP contribution < -0.4 is 4.74 Å². The summed E-state index contributed by atoms with van der Waals surface area (Å²) in [5.74, 6) is 0.584. The summed E-state index contributed by atoms with van der Waals surface area (Å²) in [6, 6.07) is 3.02. The minimum atomic E-state index is 0.0272. The number of phenolic OH excluding ortho intramolecular Hbond substituents is 1. The van der Waals surface area contributed by atoms with E-state index in [1.54, 1.807) is 19.9 Å². The fraction of sp³-hybridized carbons (Fsp3) is 0.364. The van der Waals surface area contributed by atoms with Crippen LogP contribution in [0, 0.1) is 6.92 Å². The Hall–Kier alpha value is -1.51. The monoisotopic (exact) mass is 194 g/mol. The average molecular weight is 194 g/mol. The van der Waals surface area contributed by atoms with Crippen molar-refractivity contribution >= 4 is 5.78 Å². The van der Waals surface area contributed by atoms with Crippen molar-refractivity contribution < 1.29 is 14.6 Å². The number of methoxy groups -OCH3 is 1. The van der Waals surface area contributed by atoms with Gasteiger partial charge in [0, 0.05) is 12.5 Å². The zero-order valence-electron chi connectivity index (χ0n) is 8.63. The molecule has 0 heterocycles. The first-order valence-corrected chi connectivity index (χ1v) is 4.51. The largest absolute Gasteiger partial charge is 0.508 e. The molecule has 0 radical (unpaired) electrons. The molecule has 3 heteroatoms. The summed E-state index contributed by atoms with van der Waals surface area (Å²) in [6.07, 6.45) is 0.433. The van der Waals surface area contributed by atoms with Gasteiger partial charge in [0.15, 0.2) is 5.78 Å². The molecule has 0 aromatic heterocycles. The Kier molecular flexibility index (Phi) is 3.12. The van der Waals surface area contributed by atoms with Crippen LogP contribution in [0.25, 0.3) is 0 Å². The fourth-order valence-electron chi connectivity index (χ4n) is 1.43. The van der Waals surface area contributed by atoms with E-state index in [0.29, 0.717) is 17.7 Å². The van der Waals surface area contributed by atoms with E-state index in [1.807, 2.05) is 0 Å². The van der Waals surface area contributed by atoms with E-state index >= 15 is 0 Å². The van der Waals surface area contributed by atoms with Gasteiger partial charge in [-0.3, -0.25) is 4.79 Å². The predicted octanol–water partition coefficient (Wildman–Crippen LogP) is 2.30. The third-order valence-electron chi connectivity index (χ3n) is 2.10. The maximum Gasteiger partial charge on any atom is 0.166 e. The van der Waals surface area contributed by atoms with Crippen molar-refractivity contribution in [1.29, 1.82) is 0 Å². The van der Waals surface area contributed by atoms with E-state index in [-0.39, 0.29) is 11.5 Å². The number of ether oxygens (including phenoxy) is 1. The number of ketones is 1. The SMILES string of the molecule is CCC(=O)c1c(C)cc(O)cc1OC. The Morgan fingerprint density at radius 2 is 2.14 bits per heavy atom. The van der Waals surface area contributed by atoms with Gasteiger partial charge in [0.05, 0.1) is 12.7 Å². The van der Waals surface area contributed by atoms with Crippen LogP contribution in [-0.4, -0.2) is 18.0 Å². The number of aryl methyl sites for hydroxylation is 1. The van der Waals surface area contributed by atoms with Crippen LogP contribution in [0.4, 0.5) is 0 Å². The van der Waals surface area contributed by atoms with Gasteiger partial charge in [0.2, 0.25) is 0 Å². The van der Waals surface area contributed by atoms with E-state index in [4.69, 9.17) is 4.74 Å². The maximum atomic E-state index is 11.6. The Balaban J connectivity index is 3.32. The van der Waals surface area contributed by atoms with Crippen molar-refractivity contribution in [1.82, 2.24) is 0 Å². The smallest absolute Gasteiger partial charge is 0.166 e. The summed E-state index contributed by atoms with van der Waals surface area (Å²) in [7, 11) is 1.49. The number of phenols is 1. The quantitative estimate of drug-likeness (QED) is 0.751. The topological polar surface area (TPSA) is 46.5 Å². The van der Waals surface area contributed by atoms with E-state index in [1.165, 1.54) is 13.2 Å². The van der Waals surface area contributed by atoms with Gasteiger partial charge < -0.3 is 9.84 Å². The number of hydrogen-bond donors (Lipinski definition) is 1. The highest BCUT2D eigenvalue weighted by atomic mass is 16.5. The molecule has 1 aromatic rings. The van der Waals surface area contributed by atoms with Crippen LogP contribution in [0.5, 0.6) is 11.5 Å². The lowest BCUT2D eigenvalue weighted by Crippen LogP contribution is -2.03. The summed E-state index contributed by atoms with van der Waals surface area (Å²) < 4.78 is 5.05. The Bertz CT molecular complexity index is 356.